The van der Waals surface area contributed by atoms with E-state index < -0.39 is 0 Å². The van der Waals surface area contributed by atoms with Gasteiger partial charge in [0.05, 0.1) is 13.2 Å². The lowest BCUT2D eigenvalue weighted by molar-refractivity contribution is -0.121. The number of para-hydroxylation sites is 1. The number of rotatable bonds is 7. The van der Waals surface area contributed by atoms with Crippen LogP contribution in [-0.2, 0) is 16.6 Å². The molecule has 158 valence electrons. The third kappa shape index (κ3) is 5.01. The Morgan fingerprint density at radius 3 is 2.72 bits per heavy atom. The lowest BCUT2D eigenvalue weighted by Gasteiger charge is -2.30. The molecule has 4 rings (SSSR count). The van der Waals surface area contributed by atoms with Gasteiger partial charge in [-0.05, 0) is 36.3 Å². The van der Waals surface area contributed by atoms with Gasteiger partial charge in [0.25, 0.3) is 0 Å². The number of aryl methyl sites for hydroxylation is 1. The third-order valence-corrected chi connectivity index (χ3v) is 6.81. The molecule has 1 saturated heterocycles. The van der Waals surface area contributed by atoms with E-state index in [1.54, 1.807) is 0 Å². The second-order valence-electron chi connectivity index (χ2n) is 8.73. The van der Waals surface area contributed by atoms with Crippen LogP contribution in [0.15, 0.2) is 30.5 Å². The van der Waals surface area contributed by atoms with Crippen LogP contribution < -0.4 is 5.32 Å². The minimum Gasteiger partial charge on any atom is -0.379 e. The van der Waals surface area contributed by atoms with Gasteiger partial charge in [-0.1, -0.05) is 37.5 Å². The Morgan fingerprint density at radius 1 is 1.17 bits per heavy atom. The van der Waals surface area contributed by atoms with Gasteiger partial charge in [0.2, 0.25) is 5.91 Å². The van der Waals surface area contributed by atoms with Gasteiger partial charge in [0.1, 0.15) is 0 Å². The first-order chi connectivity index (χ1) is 14.2. The van der Waals surface area contributed by atoms with Gasteiger partial charge < -0.3 is 14.6 Å². The summed E-state index contributed by atoms with van der Waals surface area (Å²) < 4.78 is 7.62. The van der Waals surface area contributed by atoms with E-state index in [2.05, 4.69) is 52.3 Å². The maximum absolute atomic E-state index is 12.9. The number of aromatic nitrogens is 1. The fourth-order valence-corrected chi connectivity index (χ4v) is 5.19. The van der Waals surface area contributed by atoms with Crippen LogP contribution in [0.25, 0.3) is 10.9 Å². The number of hydrogen-bond donors (Lipinski definition) is 1. The quantitative estimate of drug-likeness (QED) is 0.775. The fourth-order valence-electron chi connectivity index (χ4n) is 5.19. The van der Waals surface area contributed by atoms with Gasteiger partial charge in [-0.3, -0.25) is 9.69 Å². The number of nitrogens with zero attached hydrogens (tertiary/aromatic N) is 2. The third-order valence-electron chi connectivity index (χ3n) is 6.81. The number of carbonyl (C=O) groups is 1. The standard InChI is InChI=1S/C24H35N3O2/c1-26-18-22(20-9-5-6-10-23(20)26)21(19-7-3-2-4-8-19)17-24(28)25-11-12-27-13-15-29-16-14-27/h5-6,9-10,18-19,21H,2-4,7-8,11-17H2,1H3,(H,25,28). The molecule has 1 aliphatic heterocycles. The molecule has 1 atom stereocenters. The predicted octanol–water partition coefficient (Wildman–Crippen LogP) is 3.68. The van der Waals surface area contributed by atoms with Gasteiger partial charge in [-0.25, -0.2) is 0 Å². The monoisotopic (exact) mass is 397 g/mol. The molecule has 2 aromatic rings. The highest BCUT2D eigenvalue weighted by Gasteiger charge is 2.29. The van der Waals surface area contributed by atoms with E-state index in [-0.39, 0.29) is 5.91 Å². The second kappa shape index (κ2) is 9.77. The molecule has 5 heteroatoms. The zero-order valence-electron chi connectivity index (χ0n) is 17.7. The van der Waals surface area contributed by atoms with Gasteiger partial charge in [-0.15, -0.1) is 0 Å². The van der Waals surface area contributed by atoms with Crippen LogP contribution in [0.3, 0.4) is 0 Å². The van der Waals surface area contributed by atoms with E-state index in [1.165, 1.54) is 48.6 Å². The van der Waals surface area contributed by atoms with Gasteiger partial charge in [-0.2, -0.15) is 0 Å². The Kier molecular flexibility index (Phi) is 6.88. The van der Waals surface area contributed by atoms with Crippen LogP contribution in [0.1, 0.15) is 50.0 Å². The van der Waals surface area contributed by atoms with Crippen molar-refractivity contribution in [1.29, 1.82) is 0 Å². The van der Waals surface area contributed by atoms with Gasteiger partial charge in [0, 0.05) is 56.7 Å². The van der Waals surface area contributed by atoms with Crippen LogP contribution in [0.5, 0.6) is 0 Å². The summed E-state index contributed by atoms with van der Waals surface area (Å²) in [4.78, 5) is 15.3. The minimum atomic E-state index is 0.196. The summed E-state index contributed by atoms with van der Waals surface area (Å²) in [5.74, 6) is 1.12. The Morgan fingerprint density at radius 2 is 1.93 bits per heavy atom. The number of carbonyl (C=O) groups excluding carboxylic acids is 1. The van der Waals surface area contributed by atoms with Crippen molar-refractivity contribution in [2.45, 2.75) is 44.4 Å². The average molecular weight is 398 g/mol. The molecule has 1 aromatic heterocycles. The fraction of sp³-hybridized carbons (Fsp3) is 0.625. The number of benzene rings is 1. The summed E-state index contributed by atoms with van der Waals surface area (Å²) >= 11 is 0. The van der Waals surface area contributed by atoms with Crippen molar-refractivity contribution in [1.82, 2.24) is 14.8 Å². The summed E-state index contributed by atoms with van der Waals surface area (Å²) in [6, 6.07) is 8.61. The molecule has 2 heterocycles. The van der Waals surface area contributed by atoms with Gasteiger partial charge in [0.15, 0.2) is 0 Å². The zero-order valence-corrected chi connectivity index (χ0v) is 17.7. The van der Waals surface area contributed by atoms with E-state index in [0.29, 0.717) is 18.3 Å². The van der Waals surface area contributed by atoms with Crippen LogP contribution >= 0.6 is 0 Å². The minimum absolute atomic E-state index is 0.196. The summed E-state index contributed by atoms with van der Waals surface area (Å²) in [6.07, 6.45) is 9.29. The van der Waals surface area contributed by atoms with E-state index in [9.17, 15) is 4.79 Å². The highest BCUT2D eigenvalue weighted by molar-refractivity contribution is 5.86. The average Bonchev–Trinajstić information content (AvgIpc) is 3.10. The molecule has 29 heavy (non-hydrogen) atoms. The number of ether oxygens (including phenoxy) is 1. The summed E-state index contributed by atoms with van der Waals surface area (Å²) in [6.45, 7) is 5.19. The molecule has 1 aliphatic carbocycles. The Labute approximate surface area is 174 Å². The van der Waals surface area contributed by atoms with Crippen molar-refractivity contribution >= 4 is 16.8 Å². The Bertz CT molecular complexity index is 804. The number of morpholine rings is 1. The largest absolute Gasteiger partial charge is 0.379 e. The summed E-state index contributed by atoms with van der Waals surface area (Å²) in [7, 11) is 2.12. The highest BCUT2D eigenvalue weighted by atomic mass is 16.5. The second-order valence-corrected chi connectivity index (χ2v) is 8.73. The number of amides is 1. The first-order valence-corrected chi connectivity index (χ1v) is 11.3. The number of nitrogens with one attached hydrogen (secondary N) is 1. The molecule has 0 radical (unpaired) electrons. The van der Waals surface area contributed by atoms with E-state index in [4.69, 9.17) is 4.74 Å². The molecule has 1 N–H and O–H groups in total. The zero-order chi connectivity index (χ0) is 20.1. The molecule has 1 aromatic carbocycles. The normalized spacial score (nSPS) is 20.0. The highest BCUT2D eigenvalue weighted by Crippen LogP contribution is 2.41. The van der Waals surface area contributed by atoms with Crippen molar-refractivity contribution in [3.05, 3.63) is 36.0 Å². The van der Waals surface area contributed by atoms with Crippen LogP contribution in [0.4, 0.5) is 0 Å². The molecule has 2 fully saturated rings. The molecule has 1 amide bonds. The molecule has 0 bridgehead atoms. The molecular weight excluding hydrogens is 362 g/mol. The molecule has 0 spiro atoms. The maximum atomic E-state index is 12.9. The van der Waals surface area contributed by atoms with Crippen molar-refractivity contribution in [3.8, 4) is 0 Å². The first-order valence-electron chi connectivity index (χ1n) is 11.3. The van der Waals surface area contributed by atoms with E-state index in [0.717, 1.165) is 39.4 Å². The Hall–Kier alpha value is -1.85. The van der Waals surface area contributed by atoms with Crippen molar-refractivity contribution in [2.24, 2.45) is 13.0 Å². The predicted molar refractivity (Wildman–Crippen MR) is 117 cm³/mol. The lowest BCUT2D eigenvalue weighted by Crippen LogP contribution is -2.41. The first kappa shape index (κ1) is 20.4. The van der Waals surface area contributed by atoms with E-state index >= 15 is 0 Å². The summed E-state index contributed by atoms with van der Waals surface area (Å²) in [5.41, 5.74) is 2.62. The van der Waals surface area contributed by atoms with Crippen molar-refractivity contribution < 1.29 is 9.53 Å². The summed E-state index contributed by atoms with van der Waals surface area (Å²) in [5, 5.41) is 4.51. The number of hydrogen-bond acceptors (Lipinski definition) is 3. The van der Waals surface area contributed by atoms with Crippen molar-refractivity contribution in [2.75, 3.05) is 39.4 Å². The maximum Gasteiger partial charge on any atom is 0.220 e. The number of fused-ring (bicyclic) bond motifs is 1. The van der Waals surface area contributed by atoms with Crippen LogP contribution in [0.2, 0.25) is 0 Å². The van der Waals surface area contributed by atoms with Gasteiger partial charge >= 0.3 is 0 Å². The molecule has 5 nitrogen and oxygen atoms in total. The van der Waals surface area contributed by atoms with Crippen LogP contribution in [0, 0.1) is 5.92 Å². The lowest BCUT2D eigenvalue weighted by atomic mass is 9.75. The topological polar surface area (TPSA) is 46.5 Å². The van der Waals surface area contributed by atoms with Crippen LogP contribution in [-0.4, -0.2) is 54.8 Å². The molecule has 2 aliphatic rings. The smallest absolute Gasteiger partial charge is 0.220 e. The Balaban J connectivity index is 1.45. The molecular formula is C24H35N3O2. The molecule has 1 saturated carbocycles. The molecule has 1 unspecified atom stereocenters. The van der Waals surface area contributed by atoms with E-state index in [1.807, 2.05) is 0 Å². The van der Waals surface area contributed by atoms with Crippen molar-refractivity contribution in [3.63, 3.8) is 0 Å². The SMILES string of the molecule is Cn1cc(C(CC(=O)NCCN2CCOCC2)C2CCCCC2)c2ccccc21.